The fourth-order valence-corrected chi connectivity index (χ4v) is 3.02. The Hall–Kier alpha value is -0.0800. The van der Waals surface area contributed by atoms with E-state index in [4.69, 9.17) is 9.84 Å². The highest BCUT2D eigenvalue weighted by atomic mass is 16.5. The van der Waals surface area contributed by atoms with Gasteiger partial charge in [0.05, 0.1) is 18.3 Å². The molecule has 0 aromatic heterocycles. The summed E-state index contributed by atoms with van der Waals surface area (Å²) < 4.78 is 6.01. The lowest BCUT2D eigenvalue weighted by Crippen LogP contribution is -2.38. The smallest absolute Gasteiger partial charge is 0.0814 e. The van der Waals surface area contributed by atoms with Crippen LogP contribution in [-0.4, -0.2) is 23.4 Å². The maximum atomic E-state index is 9.07. The van der Waals surface area contributed by atoms with E-state index >= 15 is 0 Å². The molecule has 0 aromatic carbocycles. The molecule has 2 aliphatic rings. The van der Waals surface area contributed by atoms with Gasteiger partial charge < -0.3 is 9.84 Å². The van der Waals surface area contributed by atoms with E-state index in [1.807, 2.05) is 0 Å². The highest BCUT2D eigenvalue weighted by Crippen LogP contribution is 2.45. The summed E-state index contributed by atoms with van der Waals surface area (Å²) in [6, 6.07) is 0. The van der Waals surface area contributed by atoms with Crippen molar-refractivity contribution in [3.63, 3.8) is 0 Å². The molecule has 2 fully saturated rings. The van der Waals surface area contributed by atoms with E-state index < -0.39 is 0 Å². The Morgan fingerprint density at radius 2 is 1.93 bits per heavy atom. The average molecular weight is 198 g/mol. The quantitative estimate of drug-likeness (QED) is 0.701. The van der Waals surface area contributed by atoms with Crippen LogP contribution in [0.4, 0.5) is 0 Å². The number of hydrogen-bond donors (Lipinski definition) is 1. The second-order valence-electron chi connectivity index (χ2n) is 5.34. The predicted molar refractivity (Wildman–Crippen MR) is 56.1 cm³/mol. The summed E-state index contributed by atoms with van der Waals surface area (Å²) in [5.74, 6) is 1.62. The summed E-state index contributed by atoms with van der Waals surface area (Å²) in [4.78, 5) is 0. The van der Waals surface area contributed by atoms with Gasteiger partial charge >= 0.3 is 0 Å². The Morgan fingerprint density at radius 3 is 2.50 bits per heavy atom. The molecule has 1 aliphatic carbocycles. The minimum atomic E-state index is 0.121. The van der Waals surface area contributed by atoms with E-state index in [1.165, 1.54) is 19.3 Å². The lowest BCUT2D eigenvalue weighted by Gasteiger charge is -2.40. The Morgan fingerprint density at radius 1 is 1.21 bits per heavy atom. The van der Waals surface area contributed by atoms with Crippen molar-refractivity contribution in [3.05, 3.63) is 0 Å². The van der Waals surface area contributed by atoms with E-state index in [0.29, 0.717) is 0 Å². The topological polar surface area (TPSA) is 29.5 Å². The van der Waals surface area contributed by atoms with Crippen LogP contribution in [0, 0.1) is 11.8 Å². The zero-order valence-electron chi connectivity index (χ0n) is 9.33. The highest BCUT2D eigenvalue weighted by Gasteiger charge is 2.44. The molecule has 2 heteroatoms. The van der Waals surface area contributed by atoms with E-state index in [9.17, 15) is 0 Å². The lowest BCUT2D eigenvalue weighted by atomic mass is 9.72. The molecule has 2 nitrogen and oxygen atoms in total. The van der Waals surface area contributed by atoms with Crippen molar-refractivity contribution in [2.45, 2.75) is 57.7 Å². The molecule has 0 amide bonds. The number of aliphatic hydroxyl groups excluding tert-OH is 1. The third-order valence-electron chi connectivity index (χ3n) is 4.26. The maximum Gasteiger partial charge on any atom is 0.0814 e. The van der Waals surface area contributed by atoms with Gasteiger partial charge in [0.2, 0.25) is 0 Å². The van der Waals surface area contributed by atoms with Crippen LogP contribution in [0.15, 0.2) is 0 Å². The van der Waals surface area contributed by atoms with Crippen molar-refractivity contribution < 1.29 is 9.84 Å². The van der Waals surface area contributed by atoms with Crippen molar-refractivity contribution in [2.24, 2.45) is 11.8 Å². The van der Waals surface area contributed by atoms with Gasteiger partial charge in [-0.1, -0.05) is 13.8 Å². The molecule has 0 bridgehead atoms. The van der Waals surface area contributed by atoms with Crippen molar-refractivity contribution in [2.75, 3.05) is 6.61 Å². The average Bonchev–Trinajstić information content (AvgIpc) is 2.56. The van der Waals surface area contributed by atoms with E-state index in [-0.39, 0.29) is 18.3 Å². The van der Waals surface area contributed by atoms with Gasteiger partial charge in [-0.2, -0.15) is 0 Å². The Bertz CT molecular complexity index is 204. The summed E-state index contributed by atoms with van der Waals surface area (Å²) in [7, 11) is 0. The summed E-state index contributed by atoms with van der Waals surface area (Å²) in [6.45, 7) is 4.88. The number of hydrogen-bond acceptors (Lipinski definition) is 2. The van der Waals surface area contributed by atoms with Gasteiger partial charge in [0.1, 0.15) is 0 Å². The van der Waals surface area contributed by atoms with Crippen LogP contribution in [-0.2, 0) is 4.74 Å². The summed E-state index contributed by atoms with van der Waals surface area (Å²) in [6.07, 6.45) is 6.03. The van der Waals surface area contributed by atoms with Crippen LogP contribution in [0.25, 0.3) is 0 Å². The zero-order chi connectivity index (χ0) is 10.2. The first-order chi connectivity index (χ1) is 6.65. The molecular weight excluding hydrogens is 176 g/mol. The summed E-state index contributed by atoms with van der Waals surface area (Å²) in [5.41, 5.74) is 0.138. The maximum absolute atomic E-state index is 9.07. The third-order valence-corrected chi connectivity index (χ3v) is 4.26. The van der Waals surface area contributed by atoms with Crippen molar-refractivity contribution >= 4 is 0 Å². The largest absolute Gasteiger partial charge is 0.394 e. The van der Waals surface area contributed by atoms with Crippen LogP contribution in [0.5, 0.6) is 0 Å². The van der Waals surface area contributed by atoms with Crippen molar-refractivity contribution in [3.8, 4) is 0 Å². The molecule has 0 aromatic rings. The van der Waals surface area contributed by atoms with Gasteiger partial charge in [0, 0.05) is 0 Å². The SMILES string of the molecule is C[C@@H]1CC[C@]2(CC[C@H](CO)O2)C[C@H]1C. The Labute approximate surface area is 86.6 Å². The predicted octanol–water partition coefficient (Wildman–Crippen LogP) is 2.35. The molecule has 82 valence electrons. The second kappa shape index (κ2) is 3.82. The first kappa shape index (κ1) is 10.4. The number of ether oxygens (including phenoxy) is 1. The van der Waals surface area contributed by atoms with Gasteiger partial charge in [-0.25, -0.2) is 0 Å². The van der Waals surface area contributed by atoms with Crippen LogP contribution in [0.3, 0.4) is 0 Å². The molecule has 1 heterocycles. The zero-order valence-corrected chi connectivity index (χ0v) is 9.33. The van der Waals surface area contributed by atoms with E-state index in [1.54, 1.807) is 0 Å². The second-order valence-corrected chi connectivity index (χ2v) is 5.34. The highest BCUT2D eigenvalue weighted by molar-refractivity contribution is 4.94. The van der Waals surface area contributed by atoms with Crippen LogP contribution in [0.2, 0.25) is 0 Å². The van der Waals surface area contributed by atoms with Gasteiger partial charge in [-0.15, -0.1) is 0 Å². The first-order valence-corrected chi connectivity index (χ1v) is 5.94. The van der Waals surface area contributed by atoms with E-state index in [0.717, 1.165) is 24.7 Å². The molecule has 0 radical (unpaired) electrons. The summed E-state index contributed by atoms with van der Waals surface area (Å²) in [5, 5.41) is 9.07. The molecule has 1 aliphatic heterocycles. The molecule has 2 rings (SSSR count). The van der Waals surface area contributed by atoms with Crippen molar-refractivity contribution in [1.29, 1.82) is 0 Å². The van der Waals surface area contributed by atoms with Gasteiger partial charge in [0.25, 0.3) is 0 Å². The van der Waals surface area contributed by atoms with Crippen molar-refractivity contribution in [1.82, 2.24) is 0 Å². The number of aliphatic hydroxyl groups is 1. The van der Waals surface area contributed by atoms with Gasteiger partial charge in [0.15, 0.2) is 0 Å². The lowest BCUT2D eigenvalue weighted by molar-refractivity contribution is -0.0949. The first-order valence-electron chi connectivity index (χ1n) is 5.94. The van der Waals surface area contributed by atoms with Gasteiger partial charge in [-0.3, -0.25) is 0 Å². The monoisotopic (exact) mass is 198 g/mol. The third kappa shape index (κ3) is 1.82. The minimum absolute atomic E-state index is 0.121. The molecule has 1 N–H and O–H groups in total. The minimum Gasteiger partial charge on any atom is -0.394 e. The molecule has 1 saturated carbocycles. The fourth-order valence-electron chi connectivity index (χ4n) is 3.02. The molecule has 14 heavy (non-hydrogen) atoms. The molecule has 0 unspecified atom stereocenters. The standard InChI is InChI=1S/C12H22O2/c1-9-3-5-12(7-10(9)2)6-4-11(8-13)14-12/h9-11,13H,3-8H2,1-2H3/t9-,10-,11-,12+/m1/s1. The van der Waals surface area contributed by atoms with Crippen LogP contribution < -0.4 is 0 Å². The van der Waals surface area contributed by atoms with Crippen LogP contribution in [0.1, 0.15) is 46.0 Å². The Balaban J connectivity index is 1.98. The normalized spacial score (nSPS) is 48.6. The molecule has 1 spiro atoms. The van der Waals surface area contributed by atoms with E-state index in [2.05, 4.69) is 13.8 Å². The van der Waals surface area contributed by atoms with Gasteiger partial charge in [-0.05, 0) is 43.9 Å². The number of rotatable bonds is 1. The Kier molecular flexibility index (Phi) is 2.85. The fraction of sp³-hybridized carbons (Fsp3) is 1.00. The summed E-state index contributed by atoms with van der Waals surface area (Å²) >= 11 is 0. The molecule has 4 atom stereocenters. The molecular formula is C12H22O2. The van der Waals surface area contributed by atoms with Crippen LogP contribution >= 0.6 is 0 Å². The molecule has 1 saturated heterocycles.